The third-order valence-corrected chi connectivity index (χ3v) is 4.70. The average Bonchev–Trinajstić information content (AvgIpc) is 2.97. The van der Waals surface area contributed by atoms with Crippen molar-refractivity contribution in [1.82, 2.24) is 5.32 Å². The van der Waals surface area contributed by atoms with E-state index in [1.807, 2.05) is 0 Å². The molecule has 1 atom stereocenters. The fraction of sp³-hybridized carbons (Fsp3) is 0.158. The summed E-state index contributed by atoms with van der Waals surface area (Å²) in [6.45, 7) is 0. The van der Waals surface area contributed by atoms with Gasteiger partial charge in [-0.25, -0.2) is 0 Å². The summed E-state index contributed by atoms with van der Waals surface area (Å²) >= 11 is 0.764. The van der Waals surface area contributed by atoms with E-state index < -0.39 is 22.4 Å². The molecule has 1 aliphatic heterocycles. The minimum Gasteiger partial charge on any atom is -0.508 e. The van der Waals surface area contributed by atoms with E-state index in [9.17, 15) is 19.5 Å². The van der Waals surface area contributed by atoms with Crippen molar-refractivity contribution in [3.8, 4) is 17.2 Å². The molecular formula is C19H16N2O6S. The molecular weight excluding hydrogens is 384 g/mol. The van der Waals surface area contributed by atoms with Gasteiger partial charge in [0.1, 0.15) is 11.0 Å². The molecule has 0 spiro atoms. The number of hydrogen-bond acceptors (Lipinski definition) is 8. The van der Waals surface area contributed by atoms with E-state index in [2.05, 4.69) is 10.3 Å². The summed E-state index contributed by atoms with van der Waals surface area (Å²) in [6.07, 6.45) is 1.35. The number of carbonyl (C=O) groups excluding carboxylic acids is 3. The number of thioether (sulfide) groups is 1. The molecule has 2 aromatic rings. The molecule has 1 aliphatic rings. The van der Waals surface area contributed by atoms with Gasteiger partial charge >= 0.3 is 5.97 Å². The Morgan fingerprint density at radius 2 is 2.07 bits per heavy atom. The van der Waals surface area contributed by atoms with Gasteiger partial charge in [-0.15, -0.1) is 0 Å². The van der Waals surface area contributed by atoms with Crippen molar-refractivity contribution in [1.29, 1.82) is 0 Å². The summed E-state index contributed by atoms with van der Waals surface area (Å²) in [4.78, 5) is 39.0. The predicted molar refractivity (Wildman–Crippen MR) is 104 cm³/mol. The van der Waals surface area contributed by atoms with Crippen LogP contribution in [0.3, 0.4) is 0 Å². The molecule has 0 radical (unpaired) electrons. The number of nitrogens with zero attached hydrogens (tertiary/aromatic N) is 1. The third kappa shape index (κ3) is 4.89. The number of hydrogen-bond donors (Lipinski definition) is 2. The number of rotatable bonds is 6. The molecule has 1 saturated heterocycles. The first-order chi connectivity index (χ1) is 13.4. The second-order valence-corrected chi connectivity index (χ2v) is 6.93. The second-order valence-electron chi connectivity index (χ2n) is 5.75. The van der Waals surface area contributed by atoms with Crippen molar-refractivity contribution in [2.24, 2.45) is 4.99 Å². The number of ether oxygens (including phenoxy) is 2. The summed E-state index contributed by atoms with van der Waals surface area (Å²) in [6, 6.07) is 11.4. The molecule has 9 heteroatoms. The fourth-order valence-electron chi connectivity index (χ4n) is 2.41. The molecule has 0 bridgehead atoms. The first-order valence-corrected chi connectivity index (χ1v) is 9.06. The van der Waals surface area contributed by atoms with E-state index in [1.54, 1.807) is 42.6 Å². The van der Waals surface area contributed by atoms with Crippen molar-refractivity contribution < 1.29 is 29.0 Å². The molecule has 0 saturated carbocycles. The van der Waals surface area contributed by atoms with Gasteiger partial charge in [-0.2, -0.15) is 0 Å². The van der Waals surface area contributed by atoms with E-state index in [1.165, 1.54) is 13.2 Å². The lowest BCUT2D eigenvalue weighted by Crippen LogP contribution is -2.27. The molecule has 0 aromatic heterocycles. The molecule has 1 heterocycles. The van der Waals surface area contributed by atoms with Crippen LogP contribution in [0.5, 0.6) is 17.2 Å². The van der Waals surface area contributed by atoms with Crippen LogP contribution >= 0.6 is 11.8 Å². The van der Waals surface area contributed by atoms with Crippen molar-refractivity contribution in [2.75, 3.05) is 7.11 Å². The molecule has 3 rings (SSSR count). The van der Waals surface area contributed by atoms with Crippen LogP contribution < -0.4 is 14.8 Å². The van der Waals surface area contributed by atoms with Gasteiger partial charge in [0.05, 0.1) is 19.2 Å². The summed E-state index contributed by atoms with van der Waals surface area (Å²) in [7, 11) is 1.43. The Labute approximate surface area is 164 Å². The van der Waals surface area contributed by atoms with Crippen LogP contribution in [-0.4, -0.2) is 40.8 Å². The first-order valence-electron chi connectivity index (χ1n) is 8.18. The minimum absolute atomic E-state index is 0.116. The Bertz CT molecular complexity index is 959. The number of phenolic OH excluding ortho intramolecular Hbond substituents is 1. The van der Waals surface area contributed by atoms with Crippen LogP contribution in [0.1, 0.15) is 12.0 Å². The largest absolute Gasteiger partial charge is 0.508 e. The summed E-state index contributed by atoms with van der Waals surface area (Å²) in [5, 5.41) is 10.3. The highest BCUT2D eigenvalue weighted by Gasteiger charge is 2.34. The normalized spacial score (nSPS) is 16.2. The Morgan fingerprint density at radius 3 is 2.75 bits per heavy atom. The fourth-order valence-corrected chi connectivity index (χ4v) is 3.22. The van der Waals surface area contributed by atoms with E-state index in [0.717, 1.165) is 11.8 Å². The standard InChI is InChI=1S/C19H16N2O6S/c1-26-15-7-11(10-20-12-3-2-4-13(22)8-12)5-6-14(15)27-17(23)9-16-18(24)21-19(25)28-16/h2-8,10,16,22H,9H2,1H3,(H,21,24,25). The molecule has 8 nitrogen and oxygen atoms in total. The average molecular weight is 400 g/mol. The van der Waals surface area contributed by atoms with Gasteiger partial charge < -0.3 is 14.6 Å². The number of methoxy groups -OCH3 is 1. The zero-order valence-corrected chi connectivity index (χ0v) is 15.6. The molecule has 2 amide bonds. The smallest absolute Gasteiger partial charge is 0.312 e. The van der Waals surface area contributed by atoms with Crippen molar-refractivity contribution in [3.63, 3.8) is 0 Å². The zero-order chi connectivity index (χ0) is 20.1. The highest BCUT2D eigenvalue weighted by atomic mass is 32.2. The number of benzene rings is 2. The second kappa shape index (κ2) is 8.57. The lowest BCUT2D eigenvalue weighted by atomic mass is 10.2. The van der Waals surface area contributed by atoms with E-state index >= 15 is 0 Å². The quantitative estimate of drug-likeness (QED) is 0.435. The van der Waals surface area contributed by atoms with Crippen LogP contribution in [0.25, 0.3) is 0 Å². The van der Waals surface area contributed by atoms with Crippen molar-refractivity contribution in [2.45, 2.75) is 11.7 Å². The van der Waals surface area contributed by atoms with Gasteiger partial charge in [0.15, 0.2) is 11.5 Å². The molecule has 1 unspecified atom stereocenters. The first kappa shape index (κ1) is 19.4. The maximum absolute atomic E-state index is 12.1. The lowest BCUT2D eigenvalue weighted by molar-refractivity contribution is -0.136. The minimum atomic E-state index is -0.792. The molecule has 0 aliphatic carbocycles. The number of amides is 2. The van der Waals surface area contributed by atoms with E-state index in [0.29, 0.717) is 17.0 Å². The van der Waals surface area contributed by atoms with Gasteiger partial charge in [0.2, 0.25) is 5.91 Å². The Kier molecular flexibility index (Phi) is 5.95. The van der Waals surface area contributed by atoms with Gasteiger partial charge in [0, 0.05) is 12.3 Å². The summed E-state index contributed by atoms with van der Waals surface area (Å²) < 4.78 is 10.5. The number of phenols is 1. The monoisotopic (exact) mass is 400 g/mol. The van der Waals surface area contributed by atoms with Gasteiger partial charge in [0.25, 0.3) is 5.24 Å². The Morgan fingerprint density at radius 1 is 1.25 bits per heavy atom. The number of esters is 1. The van der Waals surface area contributed by atoms with E-state index in [4.69, 9.17) is 9.47 Å². The summed E-state index contributed by atoms with van der Waals surface area (Å²) in [5.74, 6) is -0.533. The molecule has 28 heavy (non-hydrogen) atoms. The number of aliphatic imine (C=N–C) groups is 1. The van der Waals surface area contributed by atoms with Gasteiger partial charge in [-0.1, -0.05) is 17.8 Å². The maximum atomic E-state index is 12.1. The Balaban J connectivity index is 1.68. The SMILES string of the molecule is COc1cc(C=Nc2cccc(O)c2)ccc1OC(=O)CC1SC(=O)NC1=O. The number of carbonyl (C=O) groups is 3. The number of aromatic hydroxyl groups is 1. The highest BCUT2D eigenvalue weighted by Crippen LogP contribution is 2.29. The van der Waals surface area contributed by atoms with E-state index in [-0.39, 0.29) is 17.9 Å². The number of nitrogens with one attached hydrogen (secondary N) is 1. The third-order valence-electron chi connectivity index (χ3n) is 3.72. The van der Waals surface area contributed by atoms with Crippen LogP contribution in [0.15, 0.2) is 47.5 Å². The van der Waals surface area contributed by atoms with Crippen LogP contribution in [0.4, 0.5) is 10.5 Å². The highest BCUT2D eigenvalue weighted by molar-refractivity contribution is 8.15. The molecule has 1 fully saturated rings. The van der Waals surface area contributed by atoms with Crippen LogP contribution in [0, 0.1) is 0 Å². The van der Waals surface area contributed by atoms with Gasteiger partial charge in [-0.05, 0) is 35.9 Å². The number of imide groups is 1. The topological polar surface area (TPSA) is 114 Å². The van der Waals surface area contributed by atoms with Crippen LogP contribution in [-0.2, 0) is 9.59 Å². The molecule has 144 valence electrons. The van der Waals surface area contributed by atoms with Crippen molar-refractivity contribution in [3.05, 3.63) is 48.0 Å². The van der Waals surface area contributed by atoms with Crippen molar-refractivity contribution >= 4 is 40.8 Å². The molecule has 2 aromatic carbocycles. The Hall–Kier alpha value is -3.33. The lowest BCUT2D eigenvalue weighted by Gasteiger charge is -2.10. The molecule has 2 N–H and O–H groups in total. The maximum Gasteiger partial charge on any atom is 0.312 e. The predicted octanol–water partition coefficient (Wildman–Crippen LogP) is 2.80. The summed E-state index contributed by atoms with van der Waals surface area (Å²) in [5.41, 5.74) is 1.27. The van der Waals surface area contributed by atoms with Gasteiger partial charge in [-0.3, -0.25) is 24.7 Å². The van der Waals surface area contributed by atoms with Crippen LogP contribution in [0.2, 0.25) is 0 Å². The zero-order valence-electron chi connectivity index (χ0n) is 14.7.